The highest BCUT2D eigenvalue weighted by Gasteiger charge is 2.30. The molecule has 0 radical (unpaired) electrons. The summed E-state index contributed by atoms with van der Waals surface area (Å²) < 4.78 is 68.2. The summed E-state index contributed by atoms with van der Waals surface area (Å²) in [4.78, 5) is 36.2. The summed E-state index contributed by atoms with van der Waals surface area (Å²) in [5.74, 6) is -2.24. The fraction of sp³-hybridized carbons (Fsp3) is 0.318. The van der Waals surface area contributed by atoms with Gasteiger partial charge in [-0.05, 0) is 61.4 Å². The van der Waals surface area contributed by atoms with E-state index >= 15 is 0 Å². The van der Waals surface area contributed by atoms with Gasteiger partial charge in [-0.3, -0.25) is 18.7 Å². The predicted molar refractivity (Wildman–Crippen MR) is 116 cm³/mol. The second-order valence-electron chi connectivity index (χ2n) is 7.41. The molecule has 1 aliphatic rings. The van der Waals surface area contributed by atoms with Gasteiger partial charge < -0.3 is 10.1 Å². The lowest BCUT2D eigenvalue weighted by molar-refractivity contribution is -0.141. The number of benzene rings is 2. The van der Waals surface area contributed by atoms with Crippen molar-refractivity contribution in [3.05, 3.63) is 64.7 Å². The van der Waals surface area contributed by atoms with E-state index in [4.69, 9.17) is 4.74 Å². The van der Waals surface area contributed by atoms with Gasteiger partial charge in [-0.15, -0.1) is 0 Å². The van der Waals surface area contributed by atoms with Crippen LogP contribution in [-0.2, 0) is 32.2 Å². The number of rotatable bonds is 8. The number of carbonyl (C=O) groups is 3. The lowest BCUT2D eigenvalue weighted by atomic mass is 10.1. The summed E-state index contributed by atoms with van der Waals surface area (Å²) in [5, 5.41) is 2.21. The second kappa shape index (κ2) is 9.84. The molecular weight excluding hydrogens is 477 g/mol. The molecule has 3 rings (SSSR count). The molecule has 1 N–H and O–H groups in total. The maximum absolute atomic E-state index is 12.6. The maximum atomic E-state index is 12.6. The van der Waals surface area contributed by atoms with Gasteiger partial charge >= 0.3 is 12.1 Å². The normalized spacial score (nSPS) is 13.4. The molecule has 0 spiro atoms. The Labute approximate surface area is 193 Å². The molecule has 8 nitrogen and oxygen atoms in total. The van der Waals surface area contributed by atoms with Gasteiger partial charge in [-0.1, -0.05) is 0 Å². The molecule has 0 saturated heterocycles. The largest absolute Gasteiger partial charge is 0.456 e. The zero-order valence-corrected chi connectivity index (χ0v) is 18.8. The smallest absolute Gasteiger partial charge is 0.416 e. The minimum absolute atomic E-state index is 0.0432. The second-order valence-corrected chi connectivity index (χ2v) is 9.59. The molecule has 2 aromatic carbocycles. The van der Waals surface area contributed by atoms with Crippen molar-refractivity contribution in [2.75, 3.05) is 29.8 Å². The van der Waals surface area contributed by atoms with Crippen molar-refractivity contribution < 1.29 is 40.7 Å². The van der Waals surface area contributed by atoms with Crippen molar-refractivity contribution in [1.82, 2.24) is 5.32 Å². The fourth-order valence-corrected chi connectivity index (χ4v) is 4.49. The fourth-order valence-electron chi connectivity index (χ4n) is 3.34. The molecule has 0 unspecified atom stereocenters. The van der Waals surface area contributed by atoms with Gasteiger partial charge in [0, 0.05) is 17.7 Å². The minimum Gasteiger partial charge on any atom is -0.456 e. The van der Waals surface area contributed by atoms with Crippen LogP contribution in [0.5, 0.6) is 0 Å². The molecule has 0 fully saturated rings. The zero-order valence-electron chi connectivity index (χ0n) is 18.0. The number of ketones is 1. The van der Waals surface area contributed by atoms with Gasteiger partial charge in [0.05, 0.1) is 17.0 Å². The first-order chi connectivity index (χ1) is 15.9. The summed E-state index contributed by atoms with van der Waals surface area (Å²) in [6.45, 7) is 0.661. The summed E-state index contributed by atoms with van der Waals surface area (Å²) in [6, 6.07) is 8.00. The summed E-state index contributed by atoms with van der Waals surface area (Å²) in [7, 11) is -3.41. The highest BCUT2D eigenvalue weighted by Crippen LogP contribution is 2.31. The molecule has 34 heavy (non-hydrogen) atoms. The Morgan fingerprint density at radius 3 is 2.32 bits per heavy atom. The van der Waals surface area contributed by atoms with Crippen molar-refractivity contribution >= 4 is 33.4 Å². The number of carbonyl (C=O) groups excluding carboxylic acids is 3. The third kappa shape index (κ3) is 5.74. The molecule has 0 bridgehead atoms. The molecule has 2 aromatic rings. The van der Waals surface area contributed by atoms with Crippen LogP contribution in [0, 0.1) is 0 Å². The van der Waals surface area contributed by atoms with E-state index in [0.717, 1.165) is 24.3 Å². The van der Waals surface area contributed by atoms with Crippen LogP contribution >= 0.6 is 0 Å². The van der Waals surface area contributed by atoms with Crippen molar-refractivity contribution in [3.63, 3.8) is 0 Å². The van der Waals surface area contributed by atoms with Crippen molar-refractivity contribution in [3.8, 4) is 0 Å². The zero-order chi connectivity index (χ0) is 25.1. The van der Waals surface area contributed by atoms with Crippen LogP contribution in [-0.4, -0.2) is 51.5 Å². The van der Waals surface area contributed by atoms with Crippen LogP contribution in [0.25, 0.3) is 0 Å². The average Bonchev–Trinajstić information content (AvgIpc) is 3.24. The highest BCUT2D eigenvalue weighted by atomic mass is 32.2. The molecule has 0 aliphatic carbocycles. The van der Waals surface area contributed by atoms with Gasteiger partial charge in [0.15, 0.2) is 12.4 Å². The van der Waals surface area contributed by atoms with Crippen LogP contribution in [0.1, 0.15) is 38.8 Å². The summed E-state index contributed by atoms with van der Waals surface area (Å²) in [6.07, 6.45) is -4.08. The first-order valence-electron chi connectivity index (χ1n) is 10.2. The van der Waals surface area contributed by atoms with E-state index in [-0.39, 0.29) is 23.4 Å². The molecule has 12 heteroatoms. The molecule has 1 heterocycles. The first-order valence-corrected chi connectivity index (χ1v) is 11.8. The lowest BCUT2D eigenvalue weighted by Crippen LogP contribution is -2.31. The maximum Gasteiger partial charge on any atom is 0.416 e. The Hall–Kier alpha value is -3.41. The number of hydrogen-bond donors (Lipinski definition) is 1. The third-order valence-corrected chi connectivity index (χ3v) is 6.97. The number of nitrogens with one attached hydrogen (secondary N) is 1. The number of fused-ring (bicyclic) bond motifs is 1. The van der Waals surface area contributed by atoms with Gasteiger partial charge in [0.25, 0.3) is 5.91 Å². The Kier molecular flexibility index (Phi) is 7.29. The van der Waals surface area contributed by atoms with Crippen molar-refractivity contribution in [2.24, 2.45) is 0 Å². The van der Waals surface area contributed by atoms with Crippen LogP contribution in [0.3, 0.4) is 0 Å². The number of halogens is 3. The molecule has 0 aromatic heterocycles. The number of hydrogen-bond acceptors (Lipinski definition) is 6. The monoisotopic (exact) mass is 498 g/mol. The van der Waals surface area contributed by atoms with E-state index in [1.54, 1.807) is 13.0 Å². The third-order valence-electron chi connectivity index (χ3n) is 5.19. The SMILES string of the molecule is CCS(=O)(=O)N1CCc2cc(C(=O)COC(=O)CNC(=O)c3ccc(C(F)(F)F)cc3)ccc21. The molecule has 182 valence electrons. The number of amides is 1. The molecule has 1 aliphatic heterocycles. The van der Waals surface area contributed by atoms with E-state index in [0.29, 0.717) is 17.7 Å². The molecule has 0 saturated carbocycles. The minimum atomic E-state index is -4.53. The number of ether oxygens (including phenoxy) is 1. The van der Waals surface area contributed by atoms with Gasteiger partial charge in [0.2, 0.25) is 10.0 Å². The Morgan fingerprint density at radius 2 is 1.71 bits per heavy atom. The standard InChI is InChI=1S/C22H21F3N2O6S/c1-2-34(31,32)27-10-9-15-11-16(5-8-18(15)27)19(28)13-33-20(29)12-26-21(30)14-3-6-17(7-4-14)22(23,24)25/h3-8,11H,2,9-10,12-13H2,1H3,(H,26,30). The van der Waals surface area contributed by atoms with Crippen molar-refractivity contribution in [1.29, 1.82) is 0 Å². The van der Waals surface area contributed by atoms with Gasteiger partial charge in [0.1, 0.15) is 6.54 Å². The molecule has 0 atom stereocenters. The number of nitrogens with zero attached hydrogens (tertiary/aromatic N) is 1. The van der Waals surface area contributed by atoms with Crippen LogP contribution in [0.4, 0.5) is 18.9 Å². The first kappa shape index (κ1) is 25.2. The van der Waals surface area contributed by atoms with E-state index in [1.807, 2.05) is 0 Å². The summed E-state index contributed by atoms with van der Waals surface area (Å²) >= 11 is 0. The van der Waals surface area contributed by atoms with Crippen LogP contribution in [0.2, 0.25) is 0 Å². The Morgan fingerprint density at radius 1 is 1.06 bits per heavy atom. The van der Waals surface area contributed by atoms with E-state index in [9.17, 15) is 36.0 Å². The number of sulfonamides is 1. The van der Waals surface area contributed by atoms with E-state index in [1.165, 1.54) is 16.4 Å². The number of Topliss-reactive ketones (excluding diaryl/α,β-unsaturated/α-hetero) is 1. The lowest BCUT2D eigenvalue weighted by Gasteiger charge is -2.18. The predicted octanol–water partition coefficient (Wildman–Crippen LogP) is 2.57. The van der Waals surface area contributed by atoms with E-state index in [2.05, 4.69) is 5.32 Å². The number of alkyl halides is 3. The number of anilines is 1. The quantitative estimate of drug-likeness (QED) is 0.443. The number of esters is 1. The highest BCUT2D eigenvalue weighted by molar-refractivity contribution is 7.92. The molecule has 1 amide bonds. The molecular formula is C22H21F3N2O6S. The van der Waals surface area contributed by atoms with Gasteiger partial charge in [-0.25, -0.2) is 8.42 Å². The van der Waals surface area contributed by atoms with E-state index < -0.39 is 52.6 Å². The topological polar surface area (TPSA) is 110 Å². The van der Waals surface area contributed by atoms with Crippen molar-refractivity contribution in [2.45, 2.75) is 19.5 Å². The summed E-state index contributed by atoms with van der Waals surface area (Å²) in [5.41, 5.74) is 0.470. The van der Waals surface area contributed by atoms with Crippen LogP contribution in [0.15, 0.2) is 42.5 Å². The Balaban J connectivity index is 1.51. The van der Waals surface area contributed by atoms with Gasteiger partial charge in [-0.2, -0.15) is 13.2 Å². The average molecular weight is 498 g/mol. The van der Waals surface area contributed by atoms with Crippen LogP contribution < -0.4 is 9.62 Å². The Bertz CT molecular complexity index is 1210.